The number of hydrogen-bond donors (Lipinski definition) is 3. The van der Waals surface area contributed by atoms with Gasteiger partial charge in [0.2, 0.25) is 0 Å². The second kappa shape index (κ2) is 9.35. The van der Waals surface area contributed by atoms with Gasteiger partial charge < -0.3 is 10.6 Å². The van der Waals surface area contributed by atoms with Crippen molar-refractivity contribution in [2.75, 3.05) is 5.32 Å². The van der Waals surface area contributed by atoms with Gasteiger partial charge in [0.15, 0.2) is 0 Å². The third kappa shape index (κ3) is 7.37. The van der Waals surface area contributed by atoms with Crippen molar-refractivity contribution in [3.8, 4) is 0 Å². The smallest absolute Gasteiger partial charge is 0.334 e. The minimum Gasteiger partial charge on any atom is -0.334 e. The number of alkyl halides is 6. The molecule has 0 aromatic heterocycles. The first-order valence-electron chi connectivity index (χ1n) is 9.62. The Labute approximate surface area is 178 Å². The van der Waals surface area contributed by atoms with Gasteiger partial charge in [0, 0.05) is 17.8 Å². The molecule has 2 rings (SSSR count). The molecular formula is C19H25F6N3O2S. The summed E-state index contributed by atoms with van der Waals surface area (Å²) in [6.45, 7) is 5.33. The molecule has 12 heteroatoms. The summed E-state index contributed by atoms with van der Waals surface area (Å²) in [5.41, 5.74) is -3.66. The van der Waals surface area contributed by atoms with Gasteiger partial charge in [-0.1, -0.05) is 12.8 Å². The van der Waals surface area contributed by atoms with E-state index < -0.39 is 57.0 Å². The van der Waals surface area contributed by atoms with Crippen molar-refractivity contribution >= 4 is 22.7 Å². The summed E-state index contributed by atoms with van der Waals surface area (Å²) in [5.74, 6) is 0. The van der Waals surface area contributed by atoms with Crippen LogP contribution in [-0.2, 0) is 23.3 Å². The van der Waals surface area contributed by atoms with Crippen LogP contribution in [0.3, 0.4) is 0 Å². The number of benzene rings is 1. The van der Waals surface area contributed by atoms with Gasteiger partial charge in [0.25, 0.3) is 0 Å². The number of rotatable bonds is 4. The topological polar surface area (TPSA) is 70.2 Å². The van der Waals surface area contributed by atoms with Crippen LogP contribution in [0.1, 0.15) is 57.6 Å². The third-order valence-electron chi connectivity index (χ3n) is 4.74. The molecule has 1 aromatic carbocycles. The van der Waals surface area contributed by atoms with Crippen molar-refractivity contribution in [2.45, 2.75) is 75.6 Å². The number of nitrogens with one attached hydrogen (secondary N) is 3. The highest BCUT2D eigenvalue weighted by Crippen LogP contribution is 2.37. The van der Waals surface area contributed by atoms with Crippen molar-refractivity contribution in [1.29, 1.82) is 0 Å². The quantitative estimate of drug-likeness (QED) is 0.526. The number of anilines is 1. The Balaban J connectivity index is 2.16. The van der Waals surface area contributed by atoms with Gasteiger partial charge in [-0.05, 0) is 51.8 Å². The fourth-order valence-corrected chi connectivity index (χ4v) is 4.03. The maximum Gasteiger partial charge on any atom is 0.416 e. The molecule has 0 heterocycles. The molecule has 0 bridgehead atoms. The lowest BCUT2D eigenvalue weighted by atomic mass is 9.91. The highest BCUT2D eigenvalue weighted by atomic mass is 32.2. The lowest BCUT2D eigenvalue weighted by Gasteiger charge is -2.34. The molecule has 1 aromatic rings. The molecule has 3 atom stereocenters. The number of urea groups is 1. The summed E-state index contributed by atoms with van der Waals surface area (Å²) >= 11 is 0. The van der Waals surface area contributed by atoms with E-state index in [1.165, 1.54) is 0 Å². The summed E-state index contributed by atoms with van der Waals surface area (Å²) in [4.78, 5) is 12.3. The van der Waals surface area contributed by atoms with E-state index in [1.807, 2.05) is 0 Å². The van der Waals surface area contributed by atoms with Crippen LogP contribution in [0.5, 0.6) is 0 Å². The van der Waals surface area contributed by atoms with Crippen LogP contribution in [-0.4, -0.2) is 27.1 Å². The van der Waals surface area contributed by atoms with E-state index in [0.29, 0.717) is 25.0 Å². The number of halogens is 6. The molecule has 3 N–H and O–H groups in total. The van der Waals surface area contributed by atoms with Gasteiger partial charge in [0.1, 0.15) is 0 Å². The van der Waals surface area contributed by atoms with E-state index in [4.69, 9.17) is 0 Å². The Hall–Kier alpha value is -1.82. The molecule has 1 unspecified atom stereocenters. The number of carbonyl (C=O) groups excluding carboxylic acids is 1. The first kappa shape index (κ1) is 25.4. The minimum absolute atomic E-state index is 0.00795. The SMILES string of the molecule is CC(C)(C)S(=O)N[C@H]1CCCC[C@@H]1NC(=O)Nc1cc(C(F)(F)F)cc(C(F)(F)F)c1. The molecule has 2 amide bonds. The van der Waals surface area contributed by atoms with Crippen molar-refractivity contribution in [1.82, 2.24) is 10.0 Å². The van der Waals surface area contributed by atoms with Crippen molar-refractivity contribution in [3.05, 3.63) is 29.3 Å². The molecule has 31 heavy (non-hydrogen) atoms. The third-order valence-corrected chi connectivity index (χ3v) is 6.37. The molecule has 1 saturated carbocycles. The van der Waals surface area contributed by atoms with Crippen molar-refractivity contribution < 1.29 is 35.3 Å². The van der Waals surface area contributed by atoms with E-state index in [1.54, 1.807) is 20.8 Å². The van der Waals surface area contributed by atoms with Crippen LogP contribution in [0.15, 0.2) is 18.2 Å². The van der Waals surface area contributed by atoms with Gasteiger partial charge in [-0.25, -0.2) is 13.7 Å². The van der Waals surface area contributed by atoms with Crippen LogP contribution in [0, 0.1) is 0 Å². The molecule has 1 aliphatic carbocycles. The lowest BCUT2D eigenvalue weighted by molar-refractivity contribution is -0.143. The largest absolute Gasteiger partial charge is 0.416 e. The summed E-state index contributed by atoms with van der Waals surface area (Å²) in [6.07, 6.45) is -7.26. The van der Waals surface area contributed by atoms with Gasteiger partial charge in [-0.15, -0.1) is 0 Å². The second-order valence-corrected chi connectivity index (χ2v) is 10.4. The van der Waals surface area contributed by atoms with Crippen molar-refractivity contribution in [3.63, 3.8) is 0 Å². The predicted molar refractivity (Wildman–Crippen MR) is 106 cm³/mol. The average Bonchev–Trinajstić information content (AvgIpc) is 2.60. The van der Waals surface area contributed by atoms with E-state index in [0.717, 1.165) is 12.8 Å². The maximum absolute atomic E-state index is 13.0. The fraction of sp³-hybridized carbons (Fsp3) is 0.632. The molecule has 5 nitrogen and oxygen atoms in total. The van der Waals surface area contributed by atoms with Gasteiger partial charge in [-0.2, -0.15) is 26.3 Å². The Kier molecular flexibility index (Phi) is 7.68. The normalized spacial score (nSPS) is 21.5. The molecule has 0 aliphatic heterocycles. The van der Waals surface area contributed by atoms with Crippen LogP contribution in [0.4, 0.5) is 36.8 Å². The van der Waals surface area contributed by atoms with Gasteiger partial charge >= 0.3 is 18.4 Å². The average molecular weight is 473 g/mol. The van der Waals surface area contributed by atoms with Crippen LogP contribution in [0.25, 0.3) is 0 Å². The summed E-state index contributed by atoms with van der Waals surface area (Å²) in [6, 6.07) is -0.876. The molecular weight excluding hydrogens is 448 g/mol. The Morgan fingerprint density at radius 1 is 0.903 bits per heavy atom. The zero-order chi connectivity index (χ0) is 23.6. The molecule has 1 fully saturated rings. The van der Waals surface area contributed by atoms with Gasteiger partial charge in [-0.3, -0.25) is 0 Å². The fourth-order valence-electron chi connectivity index (χ4n) is 3.12. The summed E-state index contributed by atoms with van der Waals surface area (Å²) in [7, 11) is -1.41. The van der Waals surface area contributed by atoms with Crippen LogP contribution in [0.2, 0.25) is 0 Å². The number of hydrogen-bond acceptors (Lipinski definition) is 2. The molecule has 0 spiro atoms. The first-order chi connectivity index (χ1) is 14.1. The first-order valence-corrected chi connectivity index (χ1v) is 10.8. The molecule has 0 radical (unpaired) electrons. The van der Waals surface area contributed by atoms with E-state index in [9.17, 15) is 35.3 Å². The standard InChI is InChI=1S/C19H25F6N3O2S/c1-17(2,3)31(30)28-15-7-5-4-6-14(15)27-16(29)26-13-9-11(18(20,21)22)8-12(10-13)19(23,24)25/h8-10,14-15,28H,4-7H2,1-3H3,(H2,26,27,29)/t14-,15-,31?/m0/s1. The van der Waals surface area contributed by atoms with Gasteiger partial charge in [0.05, 0.1) is 26.9 Å². The Morgan fingerprint density at radius 3 is 1.84 bits per heavy atom. The van der Waals surface area contributed by atoms with E-state index >= 15 is 0 Å². The van der Waals surface area contributed by atoms with E-state index in [2.05, 4.69) is 15.4 Å². The number of carbonyl (C=O) groups is 1. The Morgan fingerprint density at radius 2 is 1.39 bits per heavy atom. The number of amides is 2. The highest BCUT2D eigenvalue weighted by molar-refractivity contribution is 7.84. The Bertz CT molecular complexity index is 788. The second-order valence-electron chi connectivity index (χ2n) is 8.39. The van der Waals surface area contributed by atoms with Crippen molar-refractivity contribution in [2.24, 2.45) is 0 Å². The summed E-state index contributed by atoms with van der Waals surface area (Å²) < 4.78 is 92.7. The predicted octanol–water partition coefficient (Wildman–Crippen LogP) is 5.21. The molecule has 0 saturated heterocycles. The zero-order valence-electron chi connectivity index (χ0n) is 17.2. The highest BCUT2D eigenvalue weighted by Gasteiger charge is 2.37. The molecule has 176 valence electrons. The summed E-state index contributed by atoms with van der Waals surface area (Å²) in [5, 5.41) is 4.65. The van der Waals surface area contributed by atoms with E-state index in [-0.39, 0.29) is 12.1 Å². The zero-order valence-corrected chi connectivity index (χ0v) is 18.0. The minimum atomic E-state index is -5.01. The van der Waals surface area contributed by atoms with Crippen LogP contribution >= 0.6 is 0 Å². The van der Waals surface area contributed by atoms with Crippen LogP contribution < -0.4 is 15.4 Å². The maximum atomic E-state index is 13.0. The molecule has 1 aliphatic rings. The monoisotopic (exact) mass is 473 g/mol. The lowest BCUT2D eigenvalue weighted by Crippen LogP contribution is -2.54.